The summed E-state index contributed by atoms with van der Waals surface area (Å²) in [6, 6.07) is 8.94. The Labute approximate surface area is 170 Å². The molecule has 2 N–H and O–H groups in total. The fraction of sp³-hybridized carbons (Fsp3) is 0.389. The van der Waals surface area contributed by atoms with E-state index in [9.17, 15) is 4.39 Å². The van der Waals surface area contributed by atoms with Crippen molar-refractivity contribution in [1.82, 2.24) is 10.6 Å². The Kier molecular flexibility index (Phi) is 10.6. The van der Waals surface area contributed by atoms with Gasteiger partial charge in [-0.05, 0) is 42.5 Å². The van der Waals surface area contributed by atoms with Gasteiger partial charge in [0.2, 0.25) is 0 Å². The molecule has 25 heavy (non-hydrogen) atoms. The Bertz CT molecular complexity index is 650. The van der Waals surface area contributed by atoms with Crippen LogP contribution in [0.5, 0.6) is 0 Å². The van der Waals surface area contributed by atoms with Crippen molar-refractivity contribution in [2.75, 3.05) is 25.1 Å². The average Bonchev–Trinajstić information content (AvgIpc) is 3.09. The van der Waals surface area contributed by atoms with Crippen LogP contribution in [0.3, 0.4) is 0 Å². The second kappa shape index (κ2) is 12.2. The van der Waals surface area contributed by atoms with Crippen molar-refractivity contribution in [3.8, 4) is 0 Å². The first kappa shape index (κ1) is 21.8. The van der Waals surface area contributed by atoms with Gasteiger partial charge >= 0.3 is 0 Å². The van der Waals surface area contributed by atoms with Gasteiger partial charge in [0, 0.05) is 25.3 Å². The van der Waals surface area contributed by atoms with Crippen molar-refractivity contribution >= 4 is 41.7 Å². The normalized spacial score (nSPS) is 11.1. The number of benzene rings is 1. The third-order valence-electron chi connectivity index (χ3n) is 3.48. The van der Waals surface area contributed by atoms with Gasteiger partial charge in [-0.15, -0.1) is 24.0 Å². The zero-order valence-corrected chi connectivity index (χ0v) is 17.7. The van der Waals surface area contributed by atoms with E-state index in [1.165, 1.54) is 6.07 Å². The van der Waals surface area contributed by atoms with Gasteiger partial charge < -0.3 is 15.1 Å². The average molecular weight is 477 g/mol. The van der Waals surface area contributed by atoms with Crippen LogP contribution in [0.4, 0.5) is 4.39 Å². The van der Waals surface area contributed by atoms with Crippen molar-refractivity contribution in [3.05, 3.63) is 59.3 Å². The molecule has 7 heteroatoms. The predicted octanol–water partition coefficient (Wildman–Crippen LogP) is 3.99. The number of rotatable bonds is 8. The Morgan fingerprint density at radius 2 is 2.04 bits per heavy atom. The minimum absolute atomic E-state index is 0. The van der Waals surface area contributed by atoms with Crippen molar-refractivity contribution in [2.45, 2.75) is 19.9 Å². The first-order valence-electron chi connectivity index (χ1n) is 7.97. The second-order valence-electron chi connectivity index (χ2n) is 5.42. The largest absolute Gasteiger partial charge is 0.469 e. The van der Waals surface area contributed by atoms with Gasteiger partial charge in [-0.25, -0.2) is 9.38 Å². The van der Waals surface area contributed by atoms with E-state index in [-0.39, 0.29) is 29.8 Å². The summed E-state index contributed by atoms with van der Waals surface area (Å²) in [4.78, 5) is 4.59. The second-order valence-corrected chi connectivity index (χ2v) is 6.41. The fourth-order valence-corrected chi connectivity index (χ4v) is 2.49. The highest BCUT2D eigenvalue weighted by Crippen LogP contribution is 2.10. The molecule has 0 bridgehead atoms. The zero-order chi connectivity index (χ0) is 17.2. The molecule has 0 saturated carbocycles. The number of aliphatic imine (C=N–C) groups is 1. The first-order chi connectivity index (χ1) is 11.7. The maximum absolute atomic E-state index is 13.3. The molecule has 0 radical (unpaired) electrons. The standard InChI is InChI=1S/C18H24FN3OS.HI/c1-14-12-15(5-6-17(14)19)13-22-18(21-9-11-24-2)20-8-7-16-4-3-10-23-16;/h3-6,10,12H,7-9,11,13H2,1-2H3,(H2,20,21,22);1H. The highest BCUT2D eigenvalue weighted by molar-refractivity contribution is 14.0. The lowest BCUT2D eigenvalue weighted by atomic mass is 10.1. The molecule has 2 aromatic rings. The van der Waals surface area contributed by atoms with E-state index >= 15 is 0 Å². The molecule has 0 fully saturated rings. The highest BCUT2D eigenvalue weighted by atomic mass is 127. The van der Waals surface area contributed by atoms with Crippen LogP contribution in [0.1, 0.15) is 16.9 Å². The molecule has 0 aliphatic heterocycles. The van der Waals surface area contributed by atoms with Crippen molar-refractivity contribution in [3.63, 3.8) is 0 Å². The molecule has 0 unspecified atom stereocenters. The van der Waals surface area contributed by atoms with E-state index in [0.717, 1.165) is 42.5 Å². The molecule has 0 atom stereocenters. The summed E-state index contributed by atoms with van der Waals surface area (Å²) in [5.41, 5.74) is 1.64. The van der Waals surface area contributed by atoms with Gasteiger partial charge in [0.25, 0.3) is 0 Å². The molecule has 1 heterocycles. The van der Waals surface area contributed by atoms with Crippen LogP contribution in [-0.4, -0.2) is 31.1 Å². The Morgan fingerprint density at radius 1 is 1.24 bits per heavy atom. The van der Waals surface area contributed by atoms with E-state index in [2.05, 4.69) is 21.9 Å². The van der Waals surface area contributed by atoms with Gasteiger partial charge in [0.05, 0.1) is 12.8 Å². The monoisotopic (exact) mass is 477 g/mol. The number of nitrogens with one attached hydrogen (secondary N) is 2. The number of furan rings is 1. The summed E-state index contributed by atoms with van der Waals surface area (Å²) < 4.78 is 18.7. The van der Waals surface area contributed by atoms with Gasteiger partial charge in [-0.1, -0.05) is 12.1 Å². The molecule has 138 valence electrons. The first-order valence-corrected chi connectivity index (χ1v) is 9.37. The van der Waals surface area contributed by atoms with Crippen LogP contribution in [0, 0.1) is 12.7 Å². The maximum Gasteiger partial charge on any atom is 0.191 e. The molecule has 0 saturated heterocycles. The number of thioether (sulfide) groups is 1. The van der Waals surface area contributed by atoms with Crippen molar-refractivity contribution in [1.29, 1.82) is 0 Å². The van der Waals surface area contributed by atoms with Crippen LogP contribution >= 0.6 is 35.7 Å². The van der Waals surface area contributed by atoms with E-state index in [1.807, 2.05) is 18.2 Å². The Morgan fingerprint density at radius 3 is 2.72 bits per heavy atom. The quantitative estimate of drug-likeness (QED) is 0.261. The lowest BCUT2D eigenvalue weighted by Gasteiger charge is -2.12. The van der Waals surface area contributed by atoms with Crippen LogP contribution < -0.4 is 10.6 Å². The molecule has 1 aromatic heterocycles. The van der Waals surface area contributed by atoms with E-state index in [4.69, 9.17) is 4.42 Å². The van der Waals surface area contributed by atoms with E-state index < -0.39 is 0 Å². The minimum atomic E-state index is -0.183. The zero-order valence-electron chi connectivity index (χ0n) is 14.5. The highest BCUT2D eigenvalue weighted by Gasteiger charge is 2.02. The lowest BCUT2D eigenvalue weighted by Crippen LogP contribution is -2.39. The SMILES string of the molecule is CSCCNC(=NCc1ccc(F)c(C)c1)NCCc1ccco1.I. The smallest absolute Gasteiger partial charge is 0.191 e. The fourth-order valence-electron chi connectivity index (χ4n) is 2.18. The summed E-state index contributed by atoms with van der Waals surface area (Å²) in [6.45, 7) is 3.86. The molecular weight excluding hydrogens is 452 g/mol. The molecule has 2 rings (SSSR count). The summed E-state index contributed by atoms with van der Waals surface area (Å²) in [6.07, 6.45) is 4.55. The summed E-state index contributed by atoms with van der Waals surface area (Å²) in [5, 5.41) is 6.62. The Hall–Kier alpha value is -1.22. The van der Waals surface area contributed by atoms with Gasteiger partial charge in [0.1, 0.15) is 11.6 Å². The summed E-state index contributed by atoms with van der Waals surface area (Å²) in [7, 11) is 0. The third kappa shape index (κ3) is 8.13. The van der Waals surface area contributed by atoms with Crippen LogP contribution in [0.25, 0.3) is 0 Å². The van der Waals surface area contributed by atoms with Crippen LogP contribution in [0.15, 0.2) is 46.0 Å². The molecule has 0 amide bonds. The van der Waals surface area contributed by atoms with Crippen molar-refractivity contribution < 1.29 is 8.81 Å². The number of guanidine groups is 1. The number of halogens is 2. The van der Waals surface area contributed by atoms with E-state index in [0.29, 0.717) is 12.1 Å². The van der Waals surface area contributed by atoms with E-state index in [1.54, 1.807) is 31.0 Å². The molecule has 0 aliphatic carbocycles. The molecular formula is C18H25FIN3OS. The van der Waals surface area contributed by atoms with Gasteiger partial charge in [-0.3, -0.25) is 0 Å². The van der Waals surface area contributed by atoms with Gasteiger partial charge in [-0.2, -0.15) is 11.8 Å². The number of nitrogens with zero attached hydrogens (tertiary/aromatic N) is 1. The van der Waals surface area contributed by atoms with Crippen molar-refractivity contribution in [2.24, 2.45) is 4.99 Å². The molecule has 0 aliphatic rings. The maximum atomic E-state index is 13.3. The number of hydrogen-bond acceptors (Lipinski definition) is 3. The van der Waals surface area contributed by atoms with Gasteiger partial charge in [0.15, 0.2) is 5.96 Å². The van der Waals surface area contributed by atoms with Crippen LogP contribution in [0.2, 0.25) is 0 Å². The lowest BCUT2D eigenvalue weighted by molar-refractivity contribution is 0.507. The summed E-state index contributed by atoms with van der Waals surface area (Å²) >= 11 is 1.78. The molecule has 1 aromatic carbocycles. The Balaban J connectivity index is 0.00000312. The summed E-state index contributed by atoms with van der Waals surface area (Å²) in [5.74, 6) is 2.53. The molecule has 4 nitrogen and oxygen atoms in total. The minimum Gasteiger partial charge on any atom is -0.469 e. The topological polar surface area (TPSA) is 49.6 Å². The van der Waals surface area contributed by atoms with Crippen LogP contribution in [-0.2, 0) is 13.0 Å². The predicted molar refractivity (Wildman–Crippen MR) is 114 cm³/mol. The number of aryl methyl sites for hydroxylation is 1. The molecule has 0 spiro atoms. The number of hydrogen-bond donors (Lipinski definition) is 2. The third-order valence-corrected chi connectivity index (χ3v) is 4.10.